The lowest BCUT2D eigenvalue weighted by Gasteiger charge is -2.04. The summed E-state index contributed by atoms with van der Waals surface area (Å²) < 4.78 is 1.64. The van der Waals surface area contributed by atoms with Gasteiger partial charge in [0.1, 0.15) is 0 Å². The first-order valence-corrected chi connectivity index (χ1v) is 6.80. The highest BCUT2D eigenvalue weighted by Crippen LogP contribution is 2.09. The summed E-state index contributed by atoms with van der Waals surface area (Å²) in [5.41, 5.74) is 3.52. The van der Waals surface area contributed by atoms with Crippen LogP contribution in [-0.4, -0.2) is 37.2 Å². The Balaban J connectivity index is 1.56. The zero-order valence-electron chi connectivity index (χ0n) is 11.7. The summed E-state index contributed by atoms with van der Waals surface area (Å²) in [5, 5.41) is 13.9. The highest BCUT2D eigenvalue weighted by Gasteiger charge is 2.11. The summed E-state index contributed by atoms with van der Waals surface area (Å²) in [6, 6.07) is 0. The van der Waals surface area contributed by atoms with Crippen molar-refractivity contribution in [1.82, 2.24) is 30.1 Å². The van der Waals surface area contributed by atoms with Crippen LogP contribution in [0.15, 0.2) is 31.0 Å². The molecule has 0 aromatic carbocycles. The molecule has 108 valence electrons. The summed E-state index contributed by atoms with van der Waals surface area (Å²) in [6.45, 7) is 2.61. The maximum absolute atomic E-state index is 12.1. The molecule has 3 heterocycles. The number of rotatable bonds is 5. The number of amides is 1. The normalized spacial score (nSPS) is 10.9. The van der Waals surface area contributed by atoms with Crippen LogP contribution in [0.5, 0.6) is 0 Å². The lowest BCUT2D eigenvalue weighted by atomic mass is 10.1. The Labute approximate surface area is 121 Å². The first-order chi connectivity index (χ1) is 10.3. The SMILES string of the molecule is Cc1[nH]ncc1CCCNC(=O)c1cnn2ccncc12. The van der Waals surface area contributed by atoms with Crippen molar-refractivity contribution in [2.24, 2.45) is 0 Å². The largest absolute Gasteiger partial charge is 0.352 e. The summed E-state index contributed by atoms with van der Waals surface area (Å²) in [6.07, 6.45) is 10.1. The van der Waals surface area contributed by atoms with Crippen molar-refractivity contribution >= 4 is 11.4 Å². The van der Waals surface area contributed by atoms with Gasteiger partial charge >= 0.3 is 0 Å². The van der Waals surface area contributed by atoms with Crippen LogP contribution in [0.2, 0.25) is 0 Å². The number of nitrogens with one attached hydrogen (secondary N) is 2. The van der Waals surface area contributed by atoms with Gasteiger partial charge in [-0.15, -0.1) is 0 Å². The maximum atomic E-state index is 12.1. The van der Waals surface area contributed by atoms with Crippen molar-refractivity contribution in [1.29, 1.82) is 0 Å². The Morgan fingerprint density at radius 3 is 3.10 bits per heavy atom. The van der Waals surface area contributed by atoms with Gasteiger partial charge in [0, 0.05) is 24.6 Å². The Hall–Kier alpha value is -2.70. The molecule has 0 radical (unpaired) electrons. The zero-order valence-corrected chi connectivity index (χ0v) is 11.7. The second-order valence-corrected chi connectivity index (χ2v) is 4.84. The topological polar surface area (TPSA) is 88.0 Å². The summed E-state index contributed by atoms with van der Waals surface area (Å²) in [7, 11) is 0. The molecular formula is C14H16N6O. The minimum absolute atomic E-state index is 0.123. The minimum Gasteiger partial charge on any atom is -0.352 e. The Morgan fingerprint density at radius 1 is 1.38 bits per heavy atom. The van der Waals surface area contributed by atoms with Gasteiger partial charge in [-0.3, -0.25) is 14.9 Å². The van der Waals surface area contributed by atoms with Gasteiger partial charge in [0.05, 0.1) is 29.7 Å². The molecule has 21 heavy (non-hydrogen) atoms. The predicted octanol–water partition coefficient (Wildman–Crippen LogP) is 1.12. The van der Waals surface area contributed by atoms with E-state index in [0.29, 0.717) is 17.6 Å². The number of fused-ring (bicyclic) bond motifs is 1. The number of hydrogen-bond acceptors (Lipinski definition) is 4. The molecule has 0 atom stereocenters. The fraction of sp³-hybridized carbons (Fsp3) is 0.286. The fourth-order valence-electron chi connectivity index (χ4n) is 2.21. The van der Waals surface area contributed by atoms with Crippen molar-refractivity contribution in [3.8, 4) is 0 Å². The number of aromatic amines is 1. The number of aromatic nitrogens is 5. The van der Waals surface area contributed by atoms with Gasteiger partial charge < -0.3 is 5.32 Å². The number of H-pyrrole nitrogens is 1. The van der Waals surface area contributed by atoms with E-state index in [0.717, 1.165) is 18.5 Å². The maximum Gasteiger partial charge on any atom is 0.255 e. The molecule has 7 heteroatoms. The minimum atomic E-state index is -0.123. The van der Waals surface area contributed by atoms with Crippen molar-refractivity contribution in [2.75, 3.05) is 6.54 Å². The fourth-order valence-corrected chi connectivity index (χ4v) is 2.21. The van der Waals surface area contributed by atoms with E-state index in [4.69, 9.17) is 0 Å². The van der Waals surface area contributed by atoms with Gasteiger partial charge in [0.25, 0.3) is 5.91 Å². The van der Waals surface area contributed by atoms with Gasteiger partial charge in [0.2, 0.25) is 0 Å². The van der Waals surface area contributed by atoms with E-state index >= 15 is 0 Å². The highest BCUT2D eigenvalue weighted by molar-refractivity contribution is 6.00. The third-order valence-corrected chi connectivity index (χ3v) is 3.41. The Bertz CT molecular complexity index is 760. The molecule has 1 amide bonds. The van der Waals surface area contributed by atoms with Gasteiger partial charge in [0.15, 0.2) is 0 Å². The van der Waals surface area contributed by atoms with Crippen LogP contribution in [0.1, 0.15) is 28.0 Å². The van der Waals surface area contributed by atoms with E-state index in [1.165, 1.54) is 5.56 Å². The second kappa shape index (κ2) is 5.74. The van der Waals surface area contributed by atoms with Gasteiger partial charge in [-0.25, -0.2) is 4.52 Å². The number of aryl methyl sites for hydroxylation is 2. The van der Waals surface area contributed by atoms with Crippen LogP contribution in [0, 0.1) is 6.92 Å². The van der Waals surface area contributed by atoms with Crippen LogP contribution >= 0.6 is 0 Å². The predicted molar refractivity (Wildman–Crippen MR) is 77.0 cm³/mol. The molecule has 0 aliphatic rings. The Kier molecular flexibility index (Phi) is 3.63. The van der Waals surface area contributed by atoms with E-state index < -0.39 is 0 Å². The lowest BCUT2D eigenvalue weighted by Crippen LogP contribution is -2.24. The Morgan fingerprint density at radius 2 is 2.29 bits per heavy atom. The average Bonchev–Trinajstić information content (AvgIpc) is 3.10. The number of carbonyl (C=O) groups is 1. The molecule has 0 fully saturated rings. The van der Waals surface area contributed by atoms with Crippen LogP contribution in [-0.2, 0) is 6.42 Å². The van der Waals surface area contributed by atoms with Gasteiger partial charge in [-0.05, 0) is 25.3 Å². The molecule has 7 nitrogen and oxygen atoms in total. The van der Waals surface area contributed by atoms with Gasteiger partial charge in [-0.2, -0.15) is 10.2 Å². The highest BCUT2D eigenvalue weighted by atomic mass is 16.1. The summed E-state index contributed by atoms with van der Waals surface area (Å²) in [5.74, 6) is -0.123. The molecule has 0 aliphatic carbocycles. The van der Waals surface area contributed by atoms with Crippen LogP contribution in [0.3, 0.4) is 0 Å². The molecule has 0 saturated heterocycles. The summed E-state index contributed by atoms with van der Waals surface area (Å²) >= 11 is 0. The van der Waals surface area contributed by atoms with E-state index in [1.807, 2.05) is 13.1 Å². The molecule has 3 aromatic rings. The van der Waals surface area contributed by atoms with Crippen LogP contribution in [0.25, 0.3) is 5.52 Å². The molecule has 0 spiro atoms. The molecule has 0 saturated carbocycles. The third-order valence-electron chi connectivity index (χ3n) is 3.41. The van der Waals surface area contributed by atoms with Crippen molar-refractivity contribution in [3.63, 3.8) is 0 Å². The lowest BCUT2D eigenvalue weighted by molar-refractivity contribution is 0.0955. The standard InChI is InChI=1S/C14H16N6O/c1-10-11(7-17-19-10)3-2-4-16-14(21)12-8-18-20-6-5-15-9-13(12)20/h5-9H,2-4H2,1H3,(H,16,21)(H,17,19). The van der Waals surface area contributed by atoms with E-state index in [1.54, 1.807) is 29.3 Å². The third kappa shape index (κ3) is 2.76. The quantitative estimate of drug-likeness (QED) is 0.687. The monoisotopic (exact) mass is 284 g/mol. The molecule has 3 rings (SSSR count). The molecule has 2 N–H and O–H groups in total. The van der Waals surface area contributed by atoms with Crippen molar-refractivity contribution < 1.29 is 4.79 Å². The molecule has 0 bridgehead atoms. The number of nitrogens with zero attached hydrogens (tertiary/aromatic N) is 4. The molecule has 3 aromatic heterocycles. The zero-order chi connectivity index (χ0) is 14.7. The smallest absolute Gasteiger partial charge is 0.255 e. The summed E-state index contributed by atoms with van der Waals surface area (Å²) in [4.78, 5) is 16.2. The molecular weight excluding hydrogens is 268 g/mol. The van der Waals surface area contributed by atoms with Crippen molar-refractivity contribution in [2.45, 2.75) is 19.8 Å². The number of carbonyl (C=O) groups excluding carboxylic acids is 1. The van der Waals surface area contributed by atoms with E-state index in [2.05, 4.69) is 25.6 Å². The molecule has 0 aliphatic heterocycles. The van der Waals surface area contributed by atoms with Gasteiger partial charge in [-0.1, -0.05) is 0 Å². The van der Waals surface area contributed by atoms with E-state index in [9.17, 15) is 4.79 Å². The number of hydrogen-bond donors (Lipinski definition) is 2. The van der Waals surface area contributed by atoms with Crippen molar-refractivity contribution in [3.05, 3.63) is 47.8 Å². The van der Waals surface area contributed by atoms with Crippen LogP contribution < -0.4 is 5.32 Å². The van der Waals surface area contributed by atoms with E-state index in [-0.39, 0.29) is 5.91 Å². The molecule has 0 unspecified atom stereocenters. The average molecular weight is 284 g/mol. The first-order valence-electron chi connectivity index (χ1n) is 6.80. The van der Waals surface area contributed by atoms with Crippen LogP contribution in [0.4, 0.5) is 0 Å². The second-order valence-electron chi connectivity index (χ2n) is 4.84. The first kappa shape index (κ1) is 13.3.